The molecule has 1 unspecified atom stereocenters. The van der Waals surface area contributed by atoms with Crippen LogP contribution in [0, 0.1) is 0 Å². The van der Waals surface area contributed by atoms with Crippen molar-refractivity contribution in [3.8, 4) is 5.75 Å². The summed E-state index contributed by atoms with van der Waals surface area (Å²) >= 11 is 10.2. The molecule has 0 heterocycles. The molecule has 0 spiro atoms. The molecule has 0 fully saturated rings. The second-order valence-electron chi connectivity index (χ2n) is 4.09. The van der Waals surface area contributed by atoms with Gasteiger partial charge in [-0.3, -0.25) is 0 Å². The molecular weight excluding hydrogens is 444 g/mol. The van der Waals surface area contributed by atoms with Gasteiger partial charge in [0.15, 0.2) is 0 Å². The zero-order valence-corrected chi connectivity index (χ0v) is 15.4. The van der Waals surface area contributed by atoms with Crippen molar-refractivity contribution in [1.82, 2.24) is 0 Å². The van der Waals surface area contributed by atoms with Gasteiger partial charge in [0.05, 0.1) is 15.6 Å². The van der Waals surface area contributed by atoms with Gasteiger partial charge in [-0.05, 0) is 50.4 Å². The Kier molecular flexibility index (Phi) is 8.57. The van der Waals surface area contributed by atoms with Crippen LogP contribution in [0.4, 0.5) is 0 Å². The van der Waals surface area contributed by atoms with Crippen molar-refractivity contribution in [3.63, 3.8) is 0 Å². The molecule has 19 heavy (non-hydrogen) atoms. The molecule has 0 amide bonds. The second-order valence-corrected chi connectivity index (χ2v) is 6.72. The van der Waals surface area contributed by atoms with Crippen LogP contribution in [0.3, 0.4) is 0 Å². The highest BCUT2D eigenvalue weighted by molar-refractivity contribution is 9.11. The van der Waals surface area contributed by atoms with E-state index in [0.29, 0.717) is 19.0 Å². The van der Waals surface area contributed by atoms with Crippen LogP contribution in [0.5, 0.6) is 5.75 Å². The van der Waals surface area contributed by atoms with E-state index in [1.165, 1.54) is 0 Å². The first-order valence-electron chi connectivity index (χ1n) is 6.07. The van der Waals surface area contributed by atoms with Crippen LogP contribution in [-0.4, -0.2) is 31.0 Å². The maximum Gasteiger partial charge on any atom is 0.147 e. The summed E-state index contributed by atoms with van der Waals surface area (Å²) < 4.78 is 13.5. The van der Waals surface area contributed by atoms with Gasteiger partial charge in [-0.25, -0.2) is 0 Å². The number of unbranched alkanes of at least 4 members (excludes halogenated alkanes) is 1. The van der Waals surface area contributed by atoms with Crippen LogP contribution >= 0.6 is 47.8 Å². The highest BCUT2D eigenvalue weighted by atomic mass is 79.9. The van der Waals surface area contributed by atoms with E-state index in [1.54, 1.807) is 0 Å². The average molecular weight is 461 g/mol. The molecular formula is C13H17Br3O3. The number of aliphatic hydroxyl groups is 1. The lowest BCUT2D eigenvalue weighted by Crippen LogP contribution is -2.23. The molecule has 0 aromatic heterocycles. The van der Waals surface area contributed by atoms with E-state index in [2.05, 4.69) is 54.7 Å². The predicted molar refractivity (Wildman–Crippen MR) is 86.8 cm³/mol. The molecule has 3 nitrogen and oxygen atoms in total. The van der Waals surface area contributed by atoms with E-state index in [0.717, 1.165) is 26.3 Å². The lowest BCUT2D eigenvalue weighted by Gasteiger charge is -2.15. The van der Waals surface area contributed by atoms with E-state index in [4.69, 9.17) is 9.47 Å². The Bertz CT molecular complexity index is 376. The molecule has 0 saturated carbocycles. The molecule has 0 aliphatic heterocycles. The summed E-state index contributed by atoms with van der Waals surface area (Å²) in [5.74, 6) is 0.677. The van der Waals surface area contributed by atoms with Crippen LogP contribution in [0.1, 0.15) is 19.8 Å². The van der Waals surface area contributed by atoms with Gasteiger partial charge in [0.25, 0.3) is 0 Å². The van der Waals surface area contributed by atoms with Crippen molar-refractivity contribution in [1.29, 1.82) is 0 Å². The molecule has 0 aliphatic rings. The fourth-order valence-corrected chi connectivity index (χ4v) is 3.85. The lowest BCUT2D eigenvalue weighted by molar-refractivity contribution is 0.0110. The average Bonchev–Trinajstić information content (AvgIpc) is 2.33. The maximum absolute atomic E-state index is 9.76. The number of rotatable bonds is 8. The van der Waals surface area contributed by atoms with E-state index in [1.807, 2.05) is 12.1 Å². The highest BCUT2D eigenvalue weighted by Gasteiger charge is 2.11. The number of hydrogen-bond acceptors (Lipinski definition) is 3. The van der Waals surface area contributed by atoms with Crippen molar-refractivity contribution in [2.45, 2.75) is 25.9 Å². The predicted octanol–water partition coefficient (Wildman–Crippen LogP) is 4.53. The molecule has 108 valence electrons. The number of hydrogen-bond donors (Lipinski definition) is 1. The first-order valence-corrected chi connectivity index (χ1v) is 8.45. The quantitative estimate of drug-likeness (QED) is 0.579. The number of ether oxygens (including phenoxy) is 2. The molecule has 1 aromatic rings. The van der Waals surface area contributed by atoms with E-state index in [9.17, 15) is 5.11 Å². The standard InChI is InChI=1S/C13H17Br3O3/c1-2-3-4-18-7-10(17)8-19-13-11(15)5-9(14)6-12(13)16/h5-6,10,17H,2-4,7-8H2,1H3. The van der Waals surface area contributed by atoms with Gasteiger partial charge < -0.3 is 14.6 Å². The summed E-state index contributed by atoms with van der Waals surface area (Å²) in [5.41, 5.74) is 0. The fraction of sp³-hybridized carbons (Fsp3) is 0.538. The van der Waals surface area contributed by atoms with E-state index < -0.39 is 6.10 Å². The van der Waals surface area contributed by atoms with Crippen molar-refractivity contribution >= 4 is 47.8 Å². The minimum atomic E-state index is -0.626. The zero-order valence-electron chi connectivity index (χ0n) is 10.7. The molecule has 0 radical (unpaired) electrons. The minimum Gasteiger partial charge on any atom is -0.488 e. The van der Waals surface area contributed by atoms with E-state index in [-0.39, 0.29) is 6.61 Å². The molecule has 0 bridgehead atoms. The Labute approximate surface area is 139 Å². The van der Waals surface area contributed by atoms with Crippen molar-refractivity contribution in [2.75, 3.05) is 19.8 Å². The van der Waals surface area contributed by atoms with Crippen LogP contribution < -0.4 is 4.74 Å². The van der Waals surface area contributed by atoms with Crippen molar-refractivity contribution in [2.24, 2.45) is 0 Å². The van der Waals surface area contributed by atoms with Gasteiger partial charge >= 0.3 is 0 Å². The van der Waals surface area contributed by atoms with Gasteiger partial charge in [0, 0.05) is 11.1 Å². The smallest absolute Gasteiger partial charge is 0.147 e. The van der Waals surface area contributed by atoms with Crippen molar-refractivity contribution in [3.05, 3.63) is 25.6 Å². The van der Waals surface area contributed by atoms with Crippen LogP contribution in [0.15, 0.2) is 25.6 Å². The summed E-state index contributed by atoms with van der Waals surface area (Å²) in [4.78, 5) is 0. The Morgan fingerprint density at radius 2 is 1.79 bits per heavy atom. The van der Waals surface area contributed by atoms with Crippen LogP contribution in [-0.2, 0) is 4.74 Å². The first kappa shape index (κ1) is 17.4. The third-order valence-corrected chi connectivity index (χ3v) is 3.97. The minimum absolute atomic E-state index is 0.199. The lowest BCUT2D eigenvalue weighted by atomic mass is 10.3. The van der Waals surface area contributed by atoms with Gasteiger partial charge in [0.1, 0.15) is 18.5 Å². The summed E-state index contributed by atoms with van der Waals surface area (Å²) in [6.45, 7) is 3.28. The third-order valence-electron chi connectivity index (χ3n) is 2.34. The number of halogens is 3. The highest BCUT2D eigenvalue weighted by Crippen LogP contribution is 2.36. The Morgan fingerprint density at radius 3 is 2.37 bits per heavy atom. The normalized spacial score (nSPS) is 12.5. The largest absolute Gasteiger partial charge is 0.488 e. The maximum atomic E-state index is 9.76. The Morgan fingerprint density at radius 1 is 1.16 bits per heavy atom. The Balaban J connectivity index is 2.40. The summed E-state index contributed by atoms with van der Waals surface area (Å²) in [6, 6.07) is 3.79. The molecule has 0 aliphatic carbocycles. The molecule has 1 atom stereocenters. The van der Waals surface area contributed by atoms with Gasteiger partial charge in [-0.2, -0.15) is 0 Å². The Hall–Kier alpha value is 0.380. The van der Waals surface area contributed by atoms with Crippen LogP contribution in [0.25, 0.3) is 0 Å². The van der Waals surface area contributed by atoms with Crippen molar-refractivity contribution < 1.29 is 14.6 Å². The van der Waals surface area contributed by atoms with Gasteiger partial charge in [0.2, 0.25) is 0 Å². The molecule has 0 saturated heterocycles. The third kappa shape index (κ3) is 6.58. The molecule has 1 N–H and O–H groups in total. The summed E-state index contributed by atoms with van der Waals surface area (Å²) in [6.07, 6.45) is 1.47. The number of aliphatic hydroxyl groups excluding tert-OH is 1. The molecule has 1 rings (SSSR count). The second kappa shape index (κ2) is 9.34. The summed E-state index contributed by atoms with van der Waals surface area (Å²) in [7, 11) is 0. The zero-order chi connectivity index (χ0) is 14.3. The topological polar surface area (TPSA) is 38.7 Å². The van der Waals surface area contributed by atoms with Gasteiger partial charge in [-0.1, -0.05) is 29.3 Å². The first-order chi connectivity index (χ1) is 9.04. The van der Waals surface area contributed by atoms with Gasteiger partial charge in [-0.15, -0.1) is 0 Å². The summed E-state index contributed by atoms with van der Waals surface area (Å²) in [5, 5.41) is 9.76. The SMILES string of the molecule is CCCCOCC(O)COc1c(Br)cc(Br)cc1Br. The van der Waals surface area contributed by atoms with Crippen LogP contribution in [0.2, 0.25) is 0 Å². The monoisotopic (exact) mass is 458 g/mol. The molecule has 1 aromatic carbocycles. The number of benzene rings is 1. The van der Waals surface area contributed by atoms with E-state index >= 15 is 0 Å². The fourth-order valence-electron chi connectivity index (χ4n) is 1.36. The molecule has 6 heteroatoms.